The zero-order valence-corrected chi connectivity index (χ0v) is 8.73. The molecule has 0 saturated carbocycles. The minimum absolute atomic E-state index is 0.619. The van der Waals surface area contributed by atoms with E-state index in [1.807, 2.05) is 6.07 Å². The van der Waals surface area contributed by atoms with Crippen LogP contribution in [0.1, 0.15) is 25.3 Å². The average Bonchev–Trinajstić information content (AvgIpc) is 2.46. The largest absolute Gasteiger partial charge is 0.384 e. The molecule has 2 rings (SSSR count). The van der Waals surface area contributed by atoms with Crippen molar-refractivity contribution in [1.82, 2.24) is 0 Å². The molecule has 1 N–H and O–H groups in total. The van der Waals surface area contributed by atoms with E-state index in [1.165, 1.54) is 11.3 Å². The molecule has 0 bridgehead atoms. The van der Waals surface area contributed by atoms with Crippen molar-refractivity contribution in [3.8, 4) is 0 Å². The van der Waals surface area contributed by atoms with Crippen LogP contribution >= 0.6 is 11.6 Å². The summed E-state index contributed by atoms with van der Waals surface area (Å²) in [5.41, 5.74) is 2.63. The van der Waals surface area contributed by atoms with Crippen LogP contribution in [0.2, 0.25) is 5.02 Å². The molecule has 0 aliphatic carbocycles. The number of nitrogens with one attached hydrogen (secondary N) is 1. The Kier molecular flexibility index (Phi) is 2.20. The first-order valence-electron chi connectivity index (χ1n) is 4.72. The maximum absolute atomic E-state index is 5.97. The molecular weight excluding hydrogens is 182 g/mol. The van der Waals surface area contributed by atoms with Crippen molar-refractivity contribution in [3.63, 3.8) is 0 Å². The Hall–Kier alpha value is -0.690. The first-order valence-corrected chi connectivity index (χ1v) is 5.09. The van der Waals surface area contributed by atoms with Gasteiger partial charge in [0.1, 0.15) is 0 Å². The maximum Gasteiger partial charge on any atom is 0.0410 e. The van der Waals surface area contributed by atoms with Gasteiger partial charge in [-0.1, -0.05) is 25.4 Å². The van der Waals surface area contributed by atoms with Crippen LogP contribution in [-0.4, -0.2) is 6.54 Å². The molecule has 1 aromatic carbocycles. The summed E-state index contributed by atoms with van der Waals surface area (Å²) in [5.74, 6) is 1.29. The van der Waals surface area contributed by atoms with Crippen molar-refractivity contribution in [3.05, 3.63) is 28.8 Å². The van der Waals surface area contributed by atoms with Crippen molar-refractivity contribution in [2.75, 3.05) is 11.9 Å². The number of anilines is 1. The lowest BCUT2D eigenvalue weighted by Gasteiger charge is -2.13. The highest BCUT2D eigenvalue weighted by atomic mass is 35.5. The van der Waals surface area contributed by atoms with Gasteiger partial charge in [0.25, 0.3) is 0 Å². The highest BCUT2D eigenvalue weighted by Gasteiger charge is 2.24. The standard InChI is InChI=1S/C11H14ClN/c1-7(2)10-6-13-11-4-3-8(12)5-9(10)11/h3-5,7,10,13H,6H2,1-2H3. The van der Waals surface area contributed by atoms with Crippen molar-refractivity contribution in [2.24, 2.45) is 5.92 Å². The van der Waals surface area contributed by atoms with Gasteiger partial charge in [0.15, 0.2) is 0 Å². The predicted molar refractivity (Wildman–Crippen MR) is 57.5 cm³/mol. The van der Waals surface area contributed by atoms with Crippen molar-refractivity contribution in [1.29, 1.82) is 0 Å². The van der Waals surface area contributed by atoms with Gasteiger partial charge in [0.05, 0.1) is 0 Å². The molecule has 0 radical (unpaired) electrons. The van der Waals surface area contributed by atoms with Crippen LogP contribution in [0.15, 0.2) is 18.2 Å². The van der Waals surface area contributed by atoms with E-state index in [4.69, 9.17) is 11.6 Å². The average molecular weight is 196 g/mol. The molecule has 1 nitrogen and oxygen atoms in total. The zero-order chi connectivity index (χ0) is 9.42. The van der Waals surface area contributed by atoms with Crippen LogP contribution in [0.5, 0.6) is 0 Å². The third-order valence-electron chi connectivity index (χ3n) is 2.73. The molecule has 13 heavy (non-hydrogen) atoms. The third-order valence-corrected chi connectivity index (χ3v) is 2.97. The van der Waals surface area contributed by atoms with E-state index in [0.717, 1.165) is 11.6 Å². The number of benzene rings is 1. The normalized spacial score (nSPS) is 20.2. The van der Waals surface area contributed by atoms with E-state index in [1.54, 1.807) is 0 Å². The Morgan fingerprint density at radius 3 is 2.92 bits per heavy atom. The molecule has 0 amide bonds. The first kappa shape index (κ1) is 8.89. The molecule has 2 heteroatoms. The zero-order valence-electron chi connectivity index (χ0n) is 7.97. The van der Waals surface area contributed by atoms with Crippen LogP contribution in [-0.2, 0) is 0 Å². The van der Waals surface area contributed by atoms with Crippen LogP contribution in [0, 0.1) is 5.92 Å². The summed E-state index contributed by atoms with van der Waals surface area (Å²) in [6.07, 6.45) is 0. The van der Waals surface area contributed by atoms with Gasteiger partial charge >= 0.3 is 0 Å². The predicted octanol–water partition coefficient (Wildman–Crippen LogP) is 3.51. The van der Waals surface area contributed by atoms with Gasteiger partial charge in [0.2, 0.25) is 0 Å². The summed E-state index contributed by atoms with van der Waals surface area (Å²) >= 11 is 5.97. The van der Waals surface area contributed by atoms with Gasteiger partial charge in [0, 0.05) is 23.2 Å². The summed E-state index contributed by atoms with van der Waals surface area (Å²) in [5, 5.41) is 4.24. The van der Waals surface area contributed by atoms with Gasteiger partial charge < -0.3 is 5.32 Å². The number of halogens is 1. The van der Waals surface area contributed by atoms with E-state index in [2.05, 4.69) is 31.3 Å². The van der Waals surface area contributed by atoms with Crippen molar-refractivity contribution < 1.29 is 0 Å². The number of hydrogen-bond acceptors (Lipinski definition) is 1. The van der Waals surface area contributed by atoms with E-state index >= 15 is 0 Å². The topological polar surface area (TPSA) is 12.0 Å². The molecule has 1 unspecified atom stereocenters. The molecule has 1 atom stereocenters. The molecule has 1 aliphatic rings. The summed E-state index contributed by atoms with van der Waals surface area (Å²) in [6, 6.07) is 6.09. The second-order valence-electron chi connectivity index (χ2n) is 3.96. The molecular formula is C11H14ClN. The Bertz CT molecular complexity index is 320. The van der Waals surface area contributed by atoms with E-state index in [0.29, 0.717) is 11.8 Å². The molecule has 70 valence electrons. The van der Waals surface area contributed by atoms with E-state index in [-0.39, 0.29) is 0 Å². The fourth-order valence-corrected chi connectivity index (χ4v) is 2.11. The first-order chi connectivity index (χ1) is 6.18. The smallest absolute Gasteiger partial charge is 0.0410 e. The Balaban J connectivity index is 2.40. The lowest BCUT2D eigenvalue weighted by molar-refractivity contribution is 0.533. The Labute approximate surface area is 84.1 Å². The minimum atomic E-state index is 0.619. The highest BCUT2D eigenvalue weighted by Crippen LogP contribution is 2.37. The fraction of sp³-hybridized carbons (Fsp3) is 0.455. The Morgan fingerprint density at radius 1 is 1.46 bits per heavy atom. The number of rotatable bonds is 1. The summed E-state index contributed by atoms with van der Waals surface area (Å²) < 4.78 is 0. The second-order valence-corrected chi connectivity index (χ2v) is 4.40. The number of hydrogen-bond donors (Lipinski definition) is 1. The van der Waals surface area contributed by atoms with Gasteiger partial charge in [-0.25, -0.2) is 0 Å². The van der Waals surface area contributed by atoms with Crippen LogP contribution in [0.25, 0.3) is 0 Å². The lowest BCUT2D eigenvalue weighted by Crippen LogP contribution is -2.08. The van der Waals surface area contributed by atoms with Crippen molar-refractivity contribution in [2.45, 2.75) is 19.8 Å². The Morgan fingerprint density at radius 2 is 2.23 bits per heavy atom. The van der Waals surface area contributed by atoms with Gasteiger partial charge in [-0.15, -0.1) is 0 Å². The summed E-state index contributed by atoms with van der Waals surface area (Å²) in [6.45, 7) is 5.55. The van der Waals surface area contributed by atoms with Crippen LogP contribution < -0.4 is 5.32 Å². The molecule has 0 spiro atoms. The molecule has 1 aromatic rings. The van der Waals surface area contributed by atoms with Crippen LogP contribution in [0.3, 0.4) is 0 Å². The molecule has 0 saturated heterocycles. The van der Waals surface area contributed by atoms with E-state index < -0.39 is 0 Å². The van der Waals surface area contributed by atoms with Crippen LogP contribution in [0.4, 0.5) is 5.69 Å². The van der Waals surface area contributed by atoms with Gasteiger partial charge in [-0.3, -0.25) is 0 Å². The number of fused-ring (bicyclic) bond motifs is 1. The molecule has 0 aromatic heterocycles. The third kappa shape index (κ3) is 1.53. The summed E-state index contributed by atoms with van der Waals surface area (Å²) in [4.78, 5) is 0. The van der Waals surface area contributed by atoms with Gasteiger partial charge in [-0.05, 0) is 29.7 Å². The molecule has 1 heterocycles. The van der Waals surface area contributed by atoms with Gasteiger partial charge in [-0.2, -0.15) is 0 Å². The van der Waals surface area contributed by atoms with E-state index in [9.17, 15) is 0 Å². The monoisotopic (exact) mass is 195 g/mol. The molecule has 1 aliphatic heterocycles. The SMILES string of the molecule is CC(C)C1CNc2ccc(Cl)cc21. The fourth-order valence-electron chi connectivity index (χ4n) is 1.93. The summed E-state index contributed by atoms with van der Waals surface area (Å²) in [7, 11) is 0. The van der Waals surface area contributed by atoms with Crippen molar-refractivity contribution >= 4 is 17.3 Å². The quantitative estimate of drug-likeness (QED) is 0.723. The second kappa shape index (κ2) is 3.22. The molecule has 0 fully saturated rings. The highest BCUT2D eigenvalue weighted by molar-refractivity contribution is 6.30. The minimum Gasteiger partial charge on any atom is -0.384 e. The maximum atomic E-state index is 5.97. The lowest BCUT2D eigenvalue weighted by atomic mass is 9.90.